The average Bonchev–Trinajstić information content (AvgIpc) is 2.74. The van der Waals surface area contributed by atoms with Gasteiger partial charge in [0.2, 0.25) is 5.95 Å². The van der Waals surface area contributed by atoms with Crippen LogP contribution in [-0.2, 0) is 4.79 Å². The van der Waals surface area contributed by atoms with Crippen molar-refractivity contribution in [3.63, 3.8) is 0 Å². The van der Waals surface area contributed by atoms with Gasteiger partial charge in [-0.25, -0.2) is 0 Å². The molecule has 3 aliphatic rings. The molecule has 0 bridgehead atoms. The molecule has 1 aliphatic carbocycles. The topological polar surface area (TPSA) is 104 Å². The van der Waals surface area contributed by atoms with Gasteiger partial charge in [-0.15, -0.1) is 0 Å². The van der Waals surface area contributed by atoms with Crippen molar-refractivity contribution in [2.45, 2.75) is 44.4 Å². The number of fused-ring (bicyclic) bond motifs is 1. The number of aromatic hydroxyl groups is 1. The third kappa shape index (κ3) is 3.10. The minimum absolute atomic E-state index is 0.141. The van der Waals surface area contributed by atoms with Gasteiger partial charge in [-0.1, -0.05) is 12.1 Å². The monoisotopic (exact) mass is 391 g/mol. The second-order valence-corrected chi connectivity index (χ2v) is 8.04. The van der Waals surface area contributed by atoms with Crippen LogP contribution >= 0.6 is 0 Å². The Balaban J connectivity index is 1.65. The number of nitrogen functional groups attached to an aromatic ring is 1. The lowest BCUT2D eigenvalue weighted by atomic mass is 9.76. The van der Waals surface area contributed by atoms with Crippen molar-refractivity contribution in [3.8, 4) is 5.75 Å². The number of carbonyl (C=O) groups excluding carboxylic acids is 1. The van der Waals surface area contributed by atoms with Crippen molar-refractivity contribution < 1.29 is 9.90 Å². The molecule has 5 rings (SSSR count). The Morgan fingerprint density at radius 2 is 1.79 bits per heavy atom. The van der Waals surface area contributed by atoms with Crippen LogP contribution in [0.2, 0.25) is 0 Å². The van der Waals surface area contributed by atoms with E-state index in [1.807, 2.05) is 12.1 Å². The molecule has 0 amide bonds. The van der Waals surface area contributed by atoms with Crippen LogP contribution in [0.1, 0.15) is 55.6 Å². The molecule has 0 spiro atoms. The van der Waals surface area contributed by atoms with E-state index in [1.165, 1.54) is 6.42 Å². The van der Waals surface area contributed by atoms with E-state index in [0.29, 0.717) is 24.0 Å². The molecule has 150 valence electrons. The number of anilines is 3. The third-order valence-electron chi connectivity index (χ3n) is 6.13. The first-order valence-corrected chi connectivity index (χ1v) is 10.4. The lowest BCUT2D eigenvalue weighted by Crippen LogP contribution is -2.33. The maximum Gasteiger partial charge on any atom is 0.229 e. The van der Waals surface area contributed by atoms with E-state index in [0.717, 1.165) is 61.2 Å². The number of carbonyl (C=O) groups is 1. The molecule has 3 heterocycles. The van der Waals surface area contributed by atoms with Crippen molar-refractivity contribution >= 4 is 23.4 Å². The number of ketones is 1. The van der Waals surface area contributed by atoms with E-state index in [1.54, 1.807) is 12.1 Å². The number of Topliss-reactive ketones (excluding diaryl/α,β-unsaturated/α-hetero) is 1. The zero-order valence-electron chi connectivity index (χ0n) is 16.3. The van der Waals surface area contributed by atoms with Crippen LogP contribution in [0.3, 0.4) is 0 Å². The van der Waals surface area contributed by atoms with Gasteiger partial charge in [-0.05, 0) is 49.8 Å². The van der Waals surface area contributed by atoms with Crippen LogP contribution in [0.25, 0.3) is 0 Å². The molecule has 1 saturated heterocycles. The Kier molecular flexibility index (Phi) is 4.38. The summed E-state index contributed by atoms with van der Waals surface area (Å²) in [5.41, 5.74) is 9.84. The van der Waals surface area contributed by atoms with E-state index in [2.05, 4.69) is 15.2 Å². The highest BCUT2D eigenvalue weighted by atomic mass is 16.3. The number of phenolic OH excluding ortho intramolecular Hbond substituents is 1. The van der Waals surface area contributed by atoms with Gasteiger partial charge in [0.15, 0.2) is 5.78 Å². The summed E-state index contributed by atoms with van der Waals surface area (Å²) in [6.45, 7) is 1.87. The van der Waals surface area contributed by atoms with Gasteiger partial charge < -0.3 is 21.1 Å². The standard InChI is InChI=1S/C22H25N5O2/c23-20-19-17(13-7-9-14(28)10-8-13)18-15(5-4-6-16(18)29)24-21(19)26-22(25-20)27-11-2-1-3-12-27/h7-10,17,28H,1-6,11-12H2,(H3,23,24,25,26)/t17-/m1/s1. The molecular weight excluding hydrogens is 366 g/mol. The minimum atomic E-state index is -0.315. The number of phenols is 1. The summed E-state index contributed by atoms with van der Waals surface area (Å²) in [5, 5.41) is 13.1. The summed E-state index contributed by atoms with van der Waals surface area (Å²) < 4.78 is 0. The van der Waals surface area contributed by atoms with Gasteiger partial charge in [-0.3, -0.25) is 4.79 Å². The number of rotatable bonds is 2. The first-order chi connectivity index (χ1) is 14.1. The van der Waals surface area contributed by atoms with E-state index in [-0.39, 0.29) is 17.5 Å². The second-order valence-electron chi connectivity index (χ2n) is 8.04. The van der Waals surface area contributed by atoms with E-state index in [4.69, 9.17) is 10.7 Å². The number of nitrogens with two attached hydrogens (primary N) is 1. The number of nitrogens with one attached hydrogen (secondary N) is 1. The van der Waals surface area contributed by atoms with Crippen LogP contribution in [0.4, 0.5) is 17.6 Å². The maximum atomic E-state index is 12.9. The smallest absolute Gasteiger partial charge is 0.229 e. The molecule has 7 heteroatoms. The number of aromatic nitrogens is 2. The number of benzene rings is 1. The summed E-state index contributed by atoms with van der Waals surface area (Å²) >= 11 is 0. The molecule has 7 nitrogen and oxygen atoms in total. The Bertz CT molecular complexity index is 993. The molecule has 0 radical (unpaired) electrons. The van der Waals surface area contributed by atoms with Crippen LogP contribution in [0.15, 0.2) is 35.5 Å². The average molecular weight is 391 g/mol. The zero-order chi connectivity index (χ0) is 20.0. The molecule has 1 fully saturated rings. The van der Waals surface area contributed by atoms with Crippen molar-refractivity contribution in [2.75, 3.05) is 29.0 Å². The number of piperidine rings is 1. The number of hydrogen-bond donors (Lipinski definition) is 3. The van der Waals surface area contributed by atoms with Crippen LogP contribution < -0.4 is 16.0 Å². The molecule has 1 aromatic heterocycles. The molecule has 29 heavy (non-hydrogen) atoms. The highest BCUT2D eigenvalue weighted by Gasteiger charge is 2.38. The predicted octanol–water partition coefficient (Wildman–Crippen LogP) is 3.32. The first-order valence-electron chi connectivity index (χ1n) is 10.4. The molecule has 2 aliphatic heterocycles. The fourth-order valence-electron chi connectivity index (χ4n) is 4.71. The van der Waals surface area contributed by atoms with Gasteiger partial charge in [0.1, 0.15) is 17.4 Å². The summed E-state index contributed by atoms with van der Waals surface area (Å²) in [7, 11) is 0. The van der Waals surface area contributed by atoms with E-state index in [9.17, 15) is 9.90 Å². The van der Waals surface area contributed by atoms with Crippen molar-refractivity contribution in [1.29, 1.82) is 0 Å². The molecular formula is C22H25N5O2. The van der Waals surface area contributed by atoms with Gasteiger partial charge in [0, 0.05) is 42.3 Å². The summed E-state index contributed by atoms with van der Waals surface area (Å²) in [4.78, 5) is 24.5. The molecule has 1 aromatic carbocycles. The summed E-state index contributed by atoms with van der Waals surface area (Å²) in [6.07, 6.45) is 5.69. The van der Waals surface area contributed by atoms with Gasteiger partial charge in [-0.2, -0.15) is 9.97 Å². The van der Waals surface area contributed by atoms with Gasteiger partial charge in [0.05, 0.1) is 0 Å². The number of hydrogen-bond acceptors (Lipinski definition) is 7. The predicted molar refractivity (Wildman–Crippen MR) is 112 cm³/mol. The number of nitrogens with zero attached hydrogens (tertiary/aromatic N) is 3. The van der Waals surface area contributed by atoms with Crippen LogP contribution in [-0.4, -0.2) is 33.9 Å². The Labute approximate surface area is 169 Å². The molecule has 0 unspecified atom stereocenters. The fraction of sp³-hybridized carbons (Fsp3) is 0.409. The highest BCUT2D eigenvalue weighted by Crippen LogP contribution is 2.47. The fourth-order valence-corrected chi connectivity index (χ4v) is 4.71. The largest absolute Gasteiger partial charge is 0.508 e. The molecule has 4 N–H and O–H groups in total. The maximum absolute atomic E-state index is 12.9. The minimum Gasteiger partial charge on any atom is -0.508 e. The number of allylic oxidation sites excluding steroid dienone is 2. The lowest BCUT2D eigenvalue weighted by molar-refractivity contribution is -0.116. The second kappa shape index (κ2) is 7.06. The Hall–Kier alpha value is -3.09. The van der Waals surface area contributed by atoms with E-state index >= 15 is 0 Å². The van der Waals surface area contributed by atoms with Crippen molar-refractivity contribution in [3.05, 3.63) is 46.7 Å². The SMILES string of the molecule is Nc1nc(N2CCCCC2)nc2c1[C@H](c1ccc(O)cc1)C1=C(CCCC1=O)N2. The normalized spacial score (nSPS) is 21.4. The summed E-state index contributed by atoms with van der Waals surface area (Å²) in [5.74, 6) is 1.78. The highest BCUT2D eigenvalue weighted by molar-refractivity contribution is 6.01. The zero-order valence-corrected chi connectivity index (χ0v) is 16.3. The first kappa shape index (κ1) is 18.0. The van der Waals surface area contributed by atoms with Gasteiger partial charge in [0.25, 0.3) is 0 Å². The van der Waals surface area contributed by atoms with Crippen molar-refractivity contribution in [1.82, 2.24) is 9.97 Å². The molecule has 1 atom stereocenters. The lowest BCUT2D eigenvalue weighted by Gasteiger charge is -2.35. The Morgan fingerprint density at radius 3 is 2.55 bits per heavy atom. The van der Waals surface area contributed by atoms with Crippen LogP contribution in [0, 0.1) is 0 Å². The van der Waals surface area contributed by atoms with E-state index < -0.39 is 0 Å². The third-order valence-corrected chi connectivity index (χ3v) is 6.13. The molecule has 0 saturated carbocycles. The Morgan fingerprint density at radius 1 is 1.03 bits per heavy atom. The quantitative estimate of drug-likeness (QED) is 0.721. The van der Waals surface area contributed by atoms with Gasteiger partial charge >= 0.3 is 0 Å². The van der Waals surface area contributed by atoms with Crippen LogP contribution in [0.5, 0.6) is 5.75 Å². The van der Waals surface area contributed by atoms with Crippen molar-refractivity contribution in [2.24, 2.45) is 0 Å². The summed E-state index contributed by atoms with van der Waals surface area (Å²) in [6, 6.07) is 6.98. The molecule has 2 aromatic rings.